The molecule has 10 nitrogen and oxygen atoms in total. The number of fused-ring (bicyclic) bond motifs is 2. The van der Waals surface area contributed by atoms with E-state index < -0.39 is 23.5 Å². The summed E-state index contributed by atoms with van der Waals surface area (Å²) in [4.78, 5) is 47.6. The summed E-state index contributed by atoms with van der Waals surface area (Å²) < 4.78 is 39.5. The van der Waals surface area contributed by atoms with Crippen molar-refractivity contribution in [2.45, 2.75) is 50.4 Å². The van der Waals surface area contributed by atoms with Gasteiger partial charge < -0.3 is 30.6 Å². The second-order valence-corrected chi connectivity index (χ2v) is 10.5. The third-order valence-corrected chi connectivity index (χ3v) is 7.91. The number of amides is 1. The molecule has 0 radical (unpaired) electrons. The predicted octanol–water partition coefficient (Wildman–Crippen LogP) is 3.86. The van der Waals surface area contributed by atoms with Crippen LogP contribution < -0.4 is 21.2 Å². The van der Waals surface area contributed by atoms with Gasteiger partial charge >= 0.3 is 18.1 Å². The van der Waals surface area contributed by atoms with Crippen LogP contribution in [0.2, 0.25) is 0 Å². The van der Waals surface area contributed by atoms with Gasteiger partial charge in [-0.05, 0) is 55.9 Å². The molecular weight excluding hydrogens is 555 g/mol. The summed E-state index contributed by atoms with van der Waals surface area (Å²) in [6, 6.07) is 5.71. The number of rotatable bonds is 6. The standard InChI is InChI=1S/C24H25N3O5S.C2HF3O2/c1-32-23-13(19-9-15-17(26-20(28)10-25)3-2-4-18(15)33-19)7-8-14-21(23)27(12-5-6-12)11-16(22(14)29)24(30)31;3-2(4,5)1(6)7/h7-9,11-12,17H,2-6,10,25H2,1H3,(H,26,28)(H,30,31);(H,6,7). The number of pyridine rings is 1. The molecule has 3 aromatic rings. The van der Waals surface area contributed by atoms with Gasteiger partial charge in [0.15, 0.2) is 5.75 Å². The molecule has 2 aliphatic rings. The number of nitrogens with zero attached hydrogens (tertiary/aromatic N) is 1. The third kappa shape index (κ3) is 5.82. The van der Waals surface area contributed by atoms with E-state index in [1.54, 1.807) is 24.5 Å². The van der Waals surface area contributed by atoms with Crippen molar-refractivity contribution in [3.8, 4) is 16.2 Å². The predicted molar refractivity (Wildman–Crippen MR) is 140 cm³/mol. The number of aromatic nitrogens is 1. The fourth-order valence-electron chi connectivity index (χ4n) is 4.70. The number of alkyl halides is 3. The van der Waals surface area contributed by atoms with E-state index in [9.17, 15) is 32.7 Å². The lowest BCUT2D eigenvalue weighted by Gasteiger charge is -2.23. The summed E-state index contributed by atoms with van der Waals surface area (Å²) in [6.45, 7) is -0.0433. The zero-order chi connectivity index (χ0) is 29.4. The van der Waals surface area contributed by atoms with Crippen LogP contribution in [0.1, 0.15) is 58.6 Å². The largest absolute Gasteiger partial charge is 0.494 e. The molecule has 214 valence electrons. The molecule has 40 heavy (non-hydrogen) atoms. The number of thiophene rings is 1. The molecule has 2 aliphatic carbocycles. The number of aliphatic carboxylic acids is 1. The average Bonchev–Trinajstić information content (AvgIpc) is 3.65. The van der Waals surface area contributed by atoms with Gasteiger partial charge in [0.25, 0.3) is 0 Å². The highest BCUT2D eigenvalue weighted by Crippen LogP contribution is 2.46. The highest BCUT2D eigenvalue weighted by Gasteiger charge is 2.38. The van der Waals surface area contributed by atoms with Crippen molar-refractivity contribution in [2.24, 2.45) is 5.73 Å². The maximum absolute atomic E-state index is 12.9. The second-order valence-electron chi connectivity index (χ2n) is 9.37. The first-order valence-electron chi connectivity index (χ1n) is 12.3. The van der Waals surface area contributed by atoms with Gasteiger partial charge in [0.1, 0.15) is 5.56 Å². The average molecular weight is 582 g/mol. The summed E-state index contributed by atoms with van der Waals surface area (Å²) >= 11 is 1.66. The summed E-state index contributed by atoms with van der Waals surface area (Å²) in [5.74, 6) is -3.59. The van der Waals surface area contributed by atoms with Crippen molar-refractivity contribution in [3.63, 3.8) is 0 Å². The first-order valence-corrected chi connectivity index (χ1v) is 13.1. The second kappa shape index (κ2) is 11.3. The van der Waals surface area contributed by atoms with E-state index in [-0.39, 0.29) is 30.1 Å². The Balaban J connectivity index is 0.000000470. The lowest BCUT2D eigenvalue weighted by atomic mass is 9.93. The Kier molecular flexibility index (Phi) is 8.21. The summed E-state index contributed by atoms with van der Waals surface area (Å²) in [5.41, 5.74) is 7.34. The van der Waals surface area contributed by atoms with Gasteiger partial charge in [-0.25, -0.2) is 9.59 Å². The van der Waals surface area contributed by atoms with E-state index in [0.29, 0.717) is 16.7 Å². The van der Waals surface area contributed by atoms with Gasteiger partial charge in [-0.2, -0.15) is 13.2 Å². The molecule has 0 bridgehead atoms. The van der Waals surface area contributed by atoms with Crippen LogP contribution in [0.4, 0.5) is 13.2 Å². The van der Waals surface area contributed by atoms with Gasteiger partial charge in [0, 0.05) is 27.6 Å². The number of aromatic carboxylic acids is 1. The molecule has 5 N–H and O–H groups in total. The fourth-order valence-corrected chi connectivity index (χ4v) is 5.99. The minimum Gasteiger partial charge on any atom is -0.494 e. The summed E-state index contributed by atoms with van der Waals surface area (Å²) in [6.07, 6.45) is 1.02. The van der Waals surface area contributed by atoms with Crippen molar-refractivity contribution in [1.29, 1.82) is 0 Å². The summed E-state index contributed by atoms with van der Waals surface area (Å²) in [7, 11) is 1.57. The van der Waals surface area contributed by atoms with Crippen LogP contribution in [0.15, 0.2) is 29.2 Å². The number of methoxy groups -OCH3 is 1. The number of carbonyl (C=O) groups is 3. The van der Waals surface area contributed by atoms with Gasteiger partial charge in [0.05, 0.1) is 30.6 Å². The maximum Gasteiger partial charge on any atom is 0.490 e. The topological polar surface area (TPSA) is 161 Å². The molecule has 0 saturated heterocycles. The first-order chi connectivity index (χ1) is 18.9. The zero-order valence-corrected chi connectivity index (χ0v) is 22.0. The van der Waals surface area contributed by atoms with E-state index in [2.05, 4.69) is 11.4 Å². The number of benzene rings is 1. The van der Waals surface area contributed by atoms with Crippen LogP contribution in [0.3, 0.4) is 0 Å². The summed E-state index contributed by atoms with van der Waals surface area (Å²) in [5, 5.41) is 20.0. The highest BCUT2D eigenvalue weighted by atomic mass is 32.1. The van der Waals surface area contributed by atoms with Crippen molar-refractivity contribution in [2.75, 3.05) is 13.7 Å². The lowest BCUT2D eigenvalue weighted by Crippen LogP contribution is -2.34. The molecule has 5 rings (SSSR count). The molecule has 0 spiro atoms. The van der Waals surface area contributed by atoms with E-state index in [1.165, 1.54) is 11.1 Å². The Labute approximate surface area is 229 Å². The zero-order valence-electron chi connectivity index (χ0n) is 21.2. The number of halogens is 3. The quantitative estimate of drug-likeness (QED) is 0.341. The number of carboxylic acid groups (broad SMARTS) is 2. The Bertz CT molecular complexity index is 1540. The lowest BCUT2D eigenvalue weighted by molar-refractivity contribution is -0.192. The number of aryl methyl sites for hydroxylation is 1. The Morgan fingerprint density at radius 2 is 1.88 bits per heavy atom. The van der Waals surface area contributed by atoms with Crippen molar-refractivity contribution in [1.82, 2.24) is 9.88 Å². The fraction of sp³-hybridized carbons (Fsp3) is 0.385. The number of nitrogens with one attached hydrogen (secondary N) is 1. The molecule has 2 aromatic heterocycles. The minimum atomic E-state index is -5.08. The van der Waals surface area contributed by atoms with E-state index in [1.807, 2.05) is 10.6 Å². The van der Waals surface area contributed by atoms with Crippen LogP contribution in [-0.4, -0.2) is 52.5 Å². The first kappa shape index (κ1) is 29.1. The van der Waals surface area contributed by atoms with Crippen molar-refractivity contribution >= 4 is 40.1 Å². The molecule has 1 amide bonds. The Morgan fingerprint density at radius 3 is 2.42 bits per heavy atom. The number of hydrogen-bond acceptors (Lipinski definition) is 7. The van der Waals surface area contributed by atoms with Crippen LogP contribution in [-0.2, 0) is 16.0 Å². The van der Waals surface area contributed by atoms with E-state index >= 15 is 0 Å². The molecule has 14 heteroatoms. The molecule has 0 aliphatic heterocycles. The van der Waals surface area contributed by atoms with Gasteiger partial charge in [-0.3, -0.25) is 9.59 Å². The number of carbonyl (C=O) groups excluding carboxylic acids is 1. The van der Waals surface area contributed by atoms with Crippen LogP contribution in [0, 0.1) is 0 Å². The van der Waals surface area contributed by atoms with E-state index in [4.69, 9.17) is 20.4 Å². The van der Waals surface area contributed by atoms with Gasteiger partial charge in [-0.15, -0.1) is 11.3 Å². The molecule has 1 fully saturated rings. The van der Waals surface area contributed by atoms with Crippen LogP contribution in [0.5, 0.6) is 5.75 Å². The van der Waals surface area contributed by atoms with E-state index in [0.717, 1.165) is 48.1 Å². The normalized spacial score (nSPS) is 16.5. The number of ether oxygens (including phenoxy) is 1. The third-order valence-electron chi connectivity index (χ3n) is 6.66. The maximum atomic E-state index is 12.9. The number of hydrogen-bond donors (Lipinski definition) is 4. The van der Waals surface area contributed by atoms with Gasteiger partial charge in [0.2, 0.25) is 11.3 Å². The van der Waals surface area contributed by atoms with Gasteiger partial charge in [-0.1, -0.05) is 0 Å². The monoisotopic (exact) mass is 581 g/mol. The molecule has 1 atom stereocenters. The minimum absolute atomic E-state index is 0.0433. The highest BCUT2D eigenvalue weighted by molar-refractivity contribution is 7.15. The van der Waals surface area contributed by atoms with Crippen LogP contribution >= 0.6 is 11.3 Å². The Morgan fingerprint density at radius 1 is 1.20 bits per heavy atom. The molecule has 2 heterocycles. The SMILES string of the molecule is COc1c(-c2cc3c(s2)CCCC3NC(=O)CN)ccc2c(=O)c(C(=O)O)cn(C3CC3)c12.O=C(O)C(F)(F)F. The smallest absolute Gasteiger partial charge is 0.490 e. The number of nitrogens with two attached hydrogens (primary N) is 1. The molecule has 1 unspecified atom stereocenters. The molecule has 1 saturated carbocycles. The van der Waals surface area contributed by atoms with Crippen molar-refractivity contribution < 1.29 is 42.5 Å². The van der Waals surface area contributed by atoms with Crippen LogP contribution in [0.25, 0.3) is 21.3 Å². The number of carboxylic acids is 2. The molecule has 1 aromatic carbocycles. The molecular formula is C26H26F3N3O7S. The van der Waals surface area contributed by atoms with Crippen molar-refractivity contribution in [3.05, 3.63) is 50.6 Å². The Hall–Kier alpha value is -3.91.